The molecule has 0 bridgehead atoms. The minimum Gasteiger partial charge on any atom is -0.444 e. The Morgan fingerprint density at radius 3 is 2.64 bits per heavy atom. The number of rotatable bonds is 4. The van der Waals surface area contributed by atoms with Gasteiger partial charge >= 0.3 is 0 Å². The number of para-hydroxylation sites is 1. The normalized spacial score (nSPS) is 15.5. The van der Waals surface area contributed by atoms with Gasteiger partial charge in [-0.25, -0.2) is 0 Å². The Labute approximate surface area is 130 Å². The first-order valence-electron chi connectivity index (χ1n) is 7.27. The molecule has 0 saturated carbocycles. The highest BCUT2D eigenvalue weighted by molar-refractivity contribution is 6.01. The molecule has 2 aromatic carbocycles. The Hall–Kier alpha value is -2.62. The van der Waals surface area contributed by atoms with Crippen molar-refractivity contribution >= 4 is 23.5 Å². The molecule has 0 aromatic heterocycles. The van der Waals surface area contributed by atoms with Gasteiger partial charge in [0.15, 0.2) is 6.40 Å². The molecule has 0 unspecified atom stereocenters. The lowest BCUT2D eigenvalue weighted by Gasteiger charge is -2.22. The second kappa shape index (κ2) is 5.64. The van der Waals surface area contributed by atoms with Crippen molar-refractivity contribution in [1.82, 2.24) is 0 Å². The minimum absolute atomic E-state index is 0.0886. The molecule has 2 aromatic rings. The zero-order valence-corrected chi connectivity index (χ0v) is 13.0. The highest BCUT2D eigenvalue weighted by Crippen LogP contribution is 2.44. The number of nitrogens with one attached hydrogen (secondary N) is 1. The molecule has 1 heterocycles. The van der Waals surface area contributed by atoms with Gasteiger partial charge in [0.1, 0.15) is 5.75 Å². The molecule has 1 aliphatic heterocycles. The van der Waals surface area contributed by atoms with Crippen LogP contribution in [-0.4, -0.2) is 12.1 Å². The molecule has 112 valence electrons. The van der Waals surface area contributed by atoms with Crippen LogP contribution in [-0.2, 0) is 5.41 Å². The third kappa shape index (κ3) is 2.60. The van der Waals surface area contributed by atoms with E-state index in [0.717, 1.165) is 22.8 Å². The molecule has 1 aliphatic rings. The summed E-state index contributed by atoms with van der Waals surface area (Å²) in [6, 6.07) is 15.6. The lowest BCUT2D eigenvalue weighted by molar-refractivity contribution is 0.573. The van der Waals surface area contributed by atoms with Crippen LogP contribution in [0.2, 0.25) is 0 Å². The largest absolute Gasteiger partial charge is 0.444 e. The standard InChI is InChI=1S/C18H19N3O/c1-13-18(2,3)17-15(20-13)10-7-11-16(17)21-19-12-22-14-8-5-4-6-9-14/h4-12,21H,1-3H3. The Balaban J connectivity index is 1.75. The third-order valence-electron chi connectivity index (χ3n) is 4.03. The number of nitrogens with zero attached hydrogens (tertiary/aromatic N) is 2. The van der Waals surface area contributed by atoms with Crippen molar-refractivity contribution < 1.29 is 4.74 Å². The zero-order valence-electron chi connectivity index (χ0n) is 13.0. The van der Waals surface area contributed by atoms with Crippen LogP contribution >= 0.6 is 0 Å². The van der Waals surface area contributed by atoms with Crippen LogP contribution in [0, 0.1) is 0 Å². The fourth-order valence-electron chi connectivity index (χ4n) is 2.57. The summed E-state index contributed by atoms with van der Waals surface area (Å²) in [7, 11) is 0. The van der Waals surface area contributed by atoms with E-state index in [-0.39, 0.29) is 5.41 Å². The second-order valence-corrected chi connectivity index (χ2v) is 5.80. The van der Waals surface area contributed by atoms with Gasteiger partial charge in [0, 0.05) is 16.7 Å². The number of aliphatic imine (C=N–C) groups is 1. The number of hydrogen-bond donors (Lipinski definition) is 1. The number of benzene rings is 2. The Morgan fingerprint density at radius 2 is 1.86 bits per heavy atom. The van der Waals surface area contributed by atoms with E-state index in [4.69, 9.17) is 4.74 Å². The molecular weight excluding hydrogens is 274 g/mol. The molecule has 4 nitrogen and oxygen atoms in total. The van der Waals surface area contributed by atoms with E-state index in [0.29, 0.717) is 0 Å². The van der Waals surface area contributed by atoms with E-state index >= 15 is 0 Å². The minimum atomic E-state index is -0.0886. The molecule has 3 rings (SSSR count). The molecular formula is C18H19N3O. The molecule has 0 radical (unpaired) electrons. The van der Waals surface area contributed by atoms with Gasteiger partial charge in [-0.05, 0) is 31.2 Å². The lowest BCUT2D eigenvalue weighted by Crippen LogP contribution is -2.23. The monoisotopic (exact) mass is 293 g/mol. The number of fused-ring (bicyclic) bond motifs is 1. The first-order valence-corrected chi connectivity index (χ1v) is 7.27. The predicted molar refractivity (Wildman–Crippen MR) is 91.4 cm³/mol. The summed E-state index contributed by atoms with van der Waals surface area (Å²) in [4.78, 5) is 4.63. The number of ether oxygens (including phenoxy) is 1. The quantitative estimate of drug-likeness (QED) is 0.512. The van der Waals surface area contributed by atoms with E-state index in [1.807, 2.05) is 48.5 Å². The lowest BCUT2D eigenvalue weighted by atomic mass is 9.81. The van der Waals surface area contributed by atoms with E-state index in [9.17, 15) is 0 Å². The van der Waals surface area contributed by atoms with Crippen molar-refractivity contribution in [2.45, 2.75) is 26.2 Å². The summed E-state index contributed by atoms with van der Waals surface area (Å²) in [6.07, 6.45) is 1.41. The Bertz CT molecular complexity index is 733. The van der Waals surface area contributed by atoms with Gasteiger partial charge in [-0.2, -0.15) is 0 Å². The van der Waals surface area contributed by atoms with Crippen LogP contribution in [0.3, 0.4) is 0 Å². The van der Waals surface area contributed by atoms with Crippen LogP contribution in [0.25, 0.3) is 0 Å². The van der Waals surface area contributed by atoms with Crippen LogP contribution < -0.4 is 10.2 Å². The molecule has 0 saturated heterocycles. The average Bonchev–Trinajstić information content (AvgIpc) is 2.75. The summed E-state index contributed by atoms with van der Waals surface area (Å²) in [5.41, 5.74) is 7.22. The zero-order chi connectivity index (χ0) is 15.6. The first-order chi connectivity index (χ1) is 10.6. The summed E-state index contributed by atoms with van der Waals surface area (Å²) in [5, 5.41) is 4.16. The van der Waals surface area contributed by atoms with Crippen molar-refractivity contribution in [2.75, 3.05) is 5.43 Å². The maximum atomic E-state index is 5.44. The van der Waals surface area contributed by atoms with E-state index in [2.05, 4.69) is 36.3 Å². The molecule has 4 heteroatoms. The van der Waals surface area contributed by atoms with E-state index < -0.39 is 0 Å². The molecule has 0 aliphatic carbocycles. The van der Waals surface area contributed by atoms with Crippen LogP contribution in [0.5, 0.6) is 5.75 Å². The fourth-order valence-corrected chi connectivity index (χ4v) is 2.57. The summed E-state index contributed by atoms with van der Waals surface area (Å²) < 4.78 is 5.44. The average molecular weight is 293 g/mol. The van der Waals surface area contributed by atoms with Crippen LogP contribution in [0.1, 0.15) is 26.3 Å². The van der Waals surface area contributed by atoms with E-state index in [1.54, 1.807) is 0 Å². The molecule has 0 spiro atoms. The van der Waals surface area contributed by atoms with Crippen molar-refractivity contribution in [1.29, 1.82) is 0 Å². The molecule has 0 amide bonds. The Morgan fingerprint density at radius 1 is 1.09 bits per heavy atom. The maximum absolute atomic E-state index is 5.44. The van der Waals surface area contributed by atoms with Gasteiger partial charge in [-0.3, -0.25) is 10.4 Å². The van der Waals surface area contributed by atoms with Crippen molar-refractivity contribution in [3.05, 3.63) is 54.1 Å². The molecule has 22 heavy (non-hydrogen) atoms. The highest BCUT2D eigenvalue weighted by Gasteiger charge is 2.34. The number of hydrazone groups is 1. The molecule has 1 N–H and O–H groups in total. The van der Waals surface area contributed by atoms with Crippen molar-refractivity contribution in [2.24, 2.45) is 10.1 Å². The van der Waals surface area contributed by atoms with Crippen LogP contribution in [0.4, 0.5) is 11.4 Å². The van der Waals surface area contributed by atoms with Gasteiger partial charge in [-0.15, -0.1) is 5.10 Å². The summed E-state index contributed by atoms with van der Waals surface area (Å²) in [5.74, 6) is 0.755. The SMILES string of the molecule is CC1=Nc2cccc(NN=COc3ccccc3)c2C1(C)C. The number of hydrogen-bond acceptors (Lipinski definition) is 4. The van der Waals surface area contributed by atoms with Crippen molar-refractivity contribution in [3.8, 4) is 5.75 Å². The Kier molecular flexibility index (Phi) is 3.67. The number of anilines is 1. The maximum Gasteiger partial charge on any atom is 0.199 e. The van der Waals surface area contributed by atoms with Gasteiger partial charge in [0.25, 0.3) is 0 Å². The predicted octanol–water partition coefficient (Wildman–Crippen LogP) is 4.50. The highest BCUT2D eigenvalue weighted by atomic mass is 16.5. The first kappa shape index (κ1) is 14.3. The molecule has 0 atom stereocenters. The van der Waals surface area contributed by atoms with E-state index in [1.165, 1.54) is 12.0 Å². The van der Waals surface area contributed by atoms with Crippen molar-refractivity contribution in [3.63, 3.8) is 0 Å². The van der Waals surface area contributed by atoms with Gasteiger partial charge in [0.2, 0.25) is 0 Å². The van der Waals surface area contributed by atoms with Crippen LogP contribution in [0.15, 0.2) is 58.6 Å². The smallest absolute Gasteiger partial charge is 0.199 e. The third-order valence-corrected chi connectivity index (χ3v) is 4.03. The molecule has 0 fully saturated rings. The topological polar surface area (TPSA) is 46.0 Å². The summed E-state index contributed by atoms with van der Waals surface area (Å²) >= 11 is 0. The van der Waals surface area contributed by atoms with Gasteiger partial charge < -0.3 is 4.74 Å². The second-order valence-electron chi connectivity index (χ2n) is 5.80. The summed E-state index contributed by atoms with van der Waals surface area (Å²) in [6.45, 7) is 6.41. The fraction of sp³-hybridized carbons (Fsp3) is 0.222. The van der Waals surface area contributed by atoms with Gasteiger partial charge in [-0.1, -0.05) is 38.1 Å². The van der Waals surface area contributed by atoms with Gasteiger partial charge in [0.05, 0.1) is 11.4 Å².